The minimum atomic E-state index is -0.544. The first kappa shape index (κ1) is 17.9. The van der Waals surface area contributed by atoms with E-state index < -0.39 is 11.6 Å². The first-order valence-electron chi connectivity index (χ1n) is 8.68. The van der Waals surface area contributed by atoms with E-state index in [9.17, 15) is 8.78 Å². The number of nitrogens with one attached hydrogen (secondary N) is 2. The Hall–Kier alpha value is -3.48. The average Bonchev–Trinajstić information content (AvgIpc) is 2.69. The zero-order valence-electron chi connectivity index (χ0n) is 15.1. The number of ether oxygens (including phenoxy) is 2. The minimum Gasteiger partial charge on any atom is -0.496 e. The van der Waals surface area contributed by atoms with Crippen LogP contribution >= 0.6 is 0 Å². The Balaban J connectivity index is 1.67. The Kier molecular flexibility index (Phi) is 4.65. The minimum absolute atomic E-state index is 0.232. The van der Waals surface area contributed by atoms with E-state index in [2.05, 4.69) is 10.3 Å². The van der Waals surface area contributed by atoms with Crippen LogP contribution in [0.4, 0.5) is 20.3 Å². The predicted octanol–water partition coefficient (Wildman–Crippen LogP) is 5.08. The van der Waals surface area contributed by atoms with Crippen molar-refractivity contribution in [2.24, 2.45) is 0 Å². The predicted molar refractivity (Wildman–Crippen MR) is 103 cm³/mol. The van der Waals surface area contributed by atoms with Crippen molar-refractivity contribution < 1.29 is 18.3 Å². The highest BCUT2D eigenvalue weighted by atomic mass is 19.1. The molecule has 2 N–H and O–H groups in total. The number of hydrogen-bond acceptors (Lipinski definition) is 5. The highest BCUT2D eigenvalue weighted by molar-refractivity contribution is 5.79. The number of benzene rings is 2. The molecule has 2 heterocycles. The molecule has 0 atom stereocenters. The molecule has 1 aliphatic rings. The van der Waals surface area contributed by atoms with Crippen molar-refractivity contribution in [3.05, 3.63) is 65.9 Å². The Morgan fingerprint density at radius 1 is 1.07 bits per heavy atom. The summed E-state index contributed by atoms with van der Waals surface area (Å²) in [6.07, 6.45) is 2.45. The van der Waals surface area contributed by atoms with Gasteiger partial charge >= 0.3 is 0 Å². The fourth-order valence-corrected chi connectivity index (χ4v) is 3.11. The Morgan fingerprint density at radius 3 is 2.75 bits per heavy atom. The summed E-state index contributed by atoms with van der Waals surface area (Å²) in [7, 11) is 1.40. The van der Waals surface area contributed by atoms with Gasteiger partial charge in [0.25, 0.3) is 0 Å². The van der Waals surface area contributed by atoms with Crippen LogP contribution in [0.3, 0.4) is 0 Å². The summed E-state index contributed by atoms with van der Waals surface area (Å²) in [6, 6.07) is 11.0. The molecule has 0 saturated carbocycles. The zero-order chi connectivity index (χ0) is 19.7. The second kappa shape index (κ2) is 7.26. The summed E-state index contributed by atoms with van der Waals surface area (Å²) in [4.78, 5) is 4.08. The Labute approximate surface area is 160 Å². The topological polar surface area (TPSA) is 67.2 Å². The SMILES string of the molecule is COc1cc(F)ccc1-c1cc(Nc2ccc3c(c2)OC(=N)CC3)ncc1F. The van der Waals surface area contributed by atoms with Gasteiger partial charge in [-0.3, -0.25) is 5.41 Å². The van der Waals surface area contributed by atoms with Crippen molar-refractivity contribution in [1.29, 1.82) is 5.41 Å². The maximum atomic E-state index is 14.4. The van der Waals surface area contributed by atoms with Crippen LogP contribution in [-0.4, -0.2) is 18.0 Å². The van der Waals surface area contributed by atoms with Gasteiger partial charge in [-0.15, -0.1) is 0 Å². The van der Waals surface area contributed by atoms with Crippen molar-refractivity contribution in [2.45, 2.75) is 12.8 Å². The molecule has 2 aromatic carbocycles. The molecule has 0 aliphatic carbocycles. The number of pyridine rings is 1. The summed E-state index contributed by atoms with van der Waals surface area (Å²) in [5.41, 5.74) is 2.40. The zero-order valence-corrected chi connectivity index (χ0v) is 15.1. The normalized spacial score (nSPS) is 12.9. The summed E-state index contributed by atoms with van der Waals surface area (Å²) < 4.78 is 38.5. The van der Waals surface area contributed by atoms with E-state index in [0.29, 0.717) is 29.2 Å². The lowest BCUT2D eigenvalue weighted by Gasteiger charge is -2.18. The van der Waals surface area contributed by atoms with Crippen LogP contribution in [0.5, 0.6) is 11.5 Å². The van der Waals surface area contributed by atoms with Crippen LogP contribution in [0.1, 0.15) is 12.0 Å². The van der Waals surface area contributed by atoms with Crippen LogP contribution in [-0.2, 0) is 6.42 Å². The molecule has 0 bridgehead atoms. The van der Waals surface area contributed by atoms with Gasteiger partial charge < -0.3 is 14.8 Å². The summed E-state index contributed by atoms with van der Waals surface area (Å²) in [5.74, 6) is 0.495. The number of aryl methyl sites for hydroxylation is 1. The highest BCUT2D eigenvalue weighted by Crippen LogP contribution is 2.34. The van der Waals surface area contributed by atoms with Crippen LogP contribution in [0, 0.1) is 17.0 Å². The third kappa shape index (κ3) is 3.51. The van der Waals surface area contributed by atoms with Crippen molar-refractivity contribution in [1.82, 2.24) is 4.98 Å². The number of fused-ring (bicyclic) bond motifs is 1. The van der Waals surface area contributed by atoms with Crippen LogP contribution in [0.25, 0.3) is 11.1 Å². The van der Waals surface area contributed by atoms with Gasteiger partial charge in [0, 0.05) is 35.4 Å². The van der Waals surface area contributed by atoms with Crippen molar-refractivity contribution in [3.8, 4) is 22.6 Å². The van der Waals surface area contributed by atoms with E-state index in [1.165, 1.54) is 31.4 Å². The third-order valence-electron chi connectivity index (χ3n) is 4.50. The number of halogens is 2. The molecule has 0 unspecified atom stereocenters. The van der Waals surface area contributed by atoms with Crippen molar-refractivity contribution >= 4 is 17.4 Å². The second-order valence-electron chi connectivity index (χ2n) is 6.37. The quantitative estimate of drug-likeness (QED) is 0.661. The van der Waals surface area contributed by atoms with Gasteiger partial charge in [0.05, 0.1) is 13.3 Å². The summed E-state index contributed by atoms with van der Waals surface area (Å²) in [6.45, 7) is 0. The van der Waals surface area contributed by atoms with Crippen LogP contribution in [0.15, 0.2) is 48.7 Å². The first-order chi connectivity index (χ1) is 13.5. The first-order valence-corrected chi connectivity index (χ1v) is 8.68. The molecule has 28 heavy (non-hydrogen) atoms. The number of aromatic nitrogens is 1. The van der Waals surface area contributed by atoms with E-state index in [1.807, 2.05) is 12.1 Å². The number of nitrogens with zero attached hydrogens (tertiary/aromatic N) is 1. The molecule has 0 spiro atoms. The van der Waals surface area contributed by atoms with Crippen molar-refractivity contribution in [2.75, 3.05) is 12.4 Å². The van der Waals surface area contributed by atoms with Crippen LogP contribution < -0.4 is 14.8 Å². The van der Waals surface area contributed by atoms with Crippen LogP contribution in [0.2, 0.25) is 0 Å². The van der Waals surface area contributed by atoms with Gasteiger partial charge in [-0.25, -0.2) is 13.8 Å². The lowest BCUT2D eigenvalue weighted by atomic mass is 10.0. The number of methoxy groups -OCH3 is 1. The van der Waals surface area contributed by atoms with E-state index in [4.69, 9.17) is 14.9 Å². The highest BCUT2D eigenvalue weighted by Gasteiger charge is 2.16. The molecule has 0 saturated heterocycles. The van der Waals surface area contributed by atoms with E-state index >= 15 is 0 Å². The smallest absolute Gasteiger partial charge is 0.187 e. The Bertz CT molecular complexity index is 1070. The summed E-state index contributed by atoms with van der Waals surface area (Å²) in [5, 5.41) is 10.8. The maximum Gasteiger partial charge on any atom is 0.187 e. The molecule has 0 radical (unpaired) electrons. The molecule has 0 fully saturated rings. The second-order valence-corrected chi connectivity index (χ2v) is 6.37. The largest absolute Gasteiger partial charge is 0.496 e. The maximum absolute atomic E-state index is 14.4. The molecule has 5 nitrogen and oxygen atoms in total. The fraction of sp³-hybridized carbons (Fsp3) is 0.143. The average molecular weight is 381 g/mol. The van der Waals surface area contributed by atoms with Gasteiger partial charge in [-0.05, 0) is 36.2 Å². The number of hydrogen-bond donors (Lipinski definition) is 2. The molecule has 1 aromatic heterocycles. The molecular weight excluding hydrogens is 364 g/mol. The number of anilines is 2. The van der Waals surface area contributed by atoms with Gasteiger partial charge in [0.2, 0.25) is 0 Å². The number of rotatable bonds is 4. The fourth-order valence-electron chi connectivity index (χ4n) is 3.11. The lowest BCUT2D eigenvalue weighted by molar-refractivity contribution is 0.412. The van der Waals surface area contributed by atoms with E-state index in [1.54, 1.807) is 6.07 Å². The van der Waals surface area contributed by atoms with Crippen molar-refractivity contribution in [3.63, 3.8) is 0 Å². The molecule has 0 amide bonds. The third-order valence-corrected chi connectivity index (χ3v) is 4.50. The molecule has 142 valence electrons. The van der Waals surface area contributed by atoms with E-state index in [-0.39, 0.29) is 17.2 Å². The van der Waals surface area contributed by atoms with E-state index in [0.717, 1.165) is 18.2 Å². The lowest BCUT2D eigenvalue weighted by Crippen LogP contribution is -2.15. The molecule has 3 aromatic rings. The Morgan fingerprint density at radius 2 is 1.93 bits per heavy atom. The molecule has 7 heteroatoms. The molecule has 4 rings (SSSR count). The molecule has 1 aliphatic heterocycles. The molecular formula is C21H17F2N3O2. The monoisotopic (exact) mass is 381 g/mol. The van der Waals surface area contributed by atoms with Gasteiger partial charge in [-0.1, -0.05) is 6.07 Å². The van der Waals surface area contributed by atoms with Gasteiger partial charge in [-0.2, -0.15) is 0 Å². The standard InChI is InChI=1S/C21H17F2N3O2/c1-27-19-8-13(22)4-6-15(19)16-10-21(25-11-17(16)23)26-14-5-2-12-3-7-20(24)28-18(12)9-14/h2,4-6,8-11,24H,3,7H2,1H3,(H,25,26). The van der Waals surface area contributed by atoms with Gasteiger partial charge in [0.1, 0.15) is 29.0 Å². The summed E-state index contributed by atoms with van der Waals surface area (Å²) >= 11 is 0. The van der Waals surface area contributed by atoms with Gasteiger partial charge in [0.15, 0.2) is 5.90 Å².